The third-order valence-electron chi connectivity index (χ3n) is 5.81. The maximum Gasteiger partial charge on any atom is 0.326 e. The lowest BCUT2D eigenvalue weighted by Crippen LogP contribution is -2.58. The highest BCUT2D eigenvalue weighted by atomic mass is 32.2. The van der Waals surface area contributed by atoms with Crippen LogP contribution in [0.2, 0.25) is 0 Å². The van der Waals surface area contributed by atoms with Gasteiger partial charge >= 0.3 is 5.97 Å². The predicted molar refractivity (Wildman–Crippen MR) is 149 cm³/mol. The van der Waals surface area contributed by atoms with E-state index >= 15 is 0 Å². The molecule has 0 saturated carbocycles. The molecule has 1 aromatic heterocycles. The van der Waals surface area contributed by atoms with Crippen molar-refractivity contribution in [2.24, 2.45) is 11.5 Å². The summed E-state index contributed by atoms with van der Waals surface area (Å²) in [6.45, 7) is 0. The number of carboxylic acids is 1. The van der Waals surface area contributed by atoms with Crippen molar-refractivity contribution in [1.29, 1.82) is 0 Å². The van der Waals surface area contributed by atoms with Crippen molar-refractivity contribution >= 4 is 64.9 Å². The number of carboxylic acid groups (broad SMARTS) is 1. The van der Waals surface area contributed by atoms with Crippen LogP contribution < -0.4 is 27.4 Å². The first-order valence-corrected chi connectivity index (χ1v) is 13.9. The lowest BCUT2D eigenvalue weighted by atomic mass is 10.0. The Balaban J connectivity index is 2.24. The first kappa shape index (κ1) is 31.0. The summed E-state index contributed by atoms with van der Waals surface area (Å²) in [5, 5.41) is 17.9. The second kappa shape index (κ2) is 15.2. The number of primary amides is 1. The molecule has 1 heterocycles. The minimum atomic E-state index is -1.40. The zero-order valence-corrected chi connectivity index (χ0v) is 22.6. The van der Waals surface area contributed by atoms with Crippen LogP contribution in [-0.2, 0) is 30.4 Å². The van der Waals surface area contributed by atoms with Crippen molar-refractivity contribution in [1.82, 2.24) is 20.9 Å². The topological polar surface area (TPSA) is 209 Å². The molecule has 0 spiro atoms. The van der Waals surface area contributed by atoms with Gasteiger partial charge in [-0.3, -0.25) is 19.2 Å². The first-order chi connectivity index (χ1) is 18.1. The number of thiol groups is 1. The summed E-state index contributed by atoms with van der Waals surface area (Å²) in [5.74, 6) is -3.45. The molecule has 4 atom stereocenters. The molecule has 12 nitrogen and oxygen atoms in total. The van der Waals surface area contributed by atoms with Crippen LogP contribution in [0.15, 0.2) is 30.5 Å². The number of carbonyl (C=O) groups is 5. The normalized spacial score (nSPS) is 14.2. The number of aromatic nitrogens is 1. The summed E-state index contributed by atoms with van der Waals surface area (Å²) >= 11 is 5.70. The third-order valence-corrected chi connectivity index (χ3v) is 6.82. The van der Waals surface area contributed by atoms with E-state index in [1.54, 1.807) is 6.20 Å². The van der Waals surface area contributed by atoms with Gasteiger partial charge in [-0.05, 0) is 36.5 Å². The van der Waals surface area contributed by atoms with Gasteiger partial charge in [-0.15, -0.1) is 0 Å². The number of rotatable bonds is 16. The zero-order chi connectivity index (χ0) is 28.2. The van der Waals surface area contributed by atoms with Crippen molar-refractivity contribution < 1.29 is 29.1 Å². The Labute approximate surface area is 229 Å². The second-order valence-electron chi connectivity index (χ2n) is 8.66. The molecule has 38 heavy (non-hydrogen) atoms. The number of carbonyl (C=O) groups excluding carboxylic acids is 4. The fraction of sp³-hybridized carbons (Fsp3) is 0.458. The van der Waals surface area contributed by atoms with E-state index in [-0.39, 0.29) is 25.0 Å². The first-order valence-electron chi connectivity index (χ1n) is 11.9. The fourth-order valence-electron chi connectivity index (χ4n) is 3.67. The van der Waals surface area contributed by atoms with Gasteiger partial charge in [0.25, 0.3) is 0 Å². The van der Waals surface area contributed by atoms with Crippen molar-refractivity contribution in [3.05, 3.63) is 36.0 Å². The van der Waals surface area contributed by atoms with Gasteiger partial charge in [0.2, 0.25) is 23.6 Å². The molecule has 2 rings (SSSR count). The standard InChI is InChI=1S/C24H34N6O6S2/c1-38-9-8-15(25)21(32)30-19(12-37)23(34)29-18(10-13-11-27-16-5-3-2-4-14(13)16)22(33)28-17(24(35)36)6-7-20(26)31/h2-5,11,15,17-19,27,37H,6-10,12,25H2,1H3,(H2,26,31)(H,28,33)(H,29,34)(H,30,32)(H,35,36). The average molecular weight is 567 g/mol. The van der Waals surface area contributed by atoms with E-state index in [9.17, 15) is 29.1 Å². The summed E-state index contributed by atoms with van der Waals surface area (Å²) in [7, 11) is 0. The number of nitrogens with one attached hydrogen (secondary N) is 4. The van der Waals surface area contributed by atoms with Crippen molar-refractivity contribution in [2.45, 2.75) is 49.9 Å². The largest absolute Gasteiger partial charge is 0.480 e. The highest BCUT2D eigenvalue weighted by Crippen LogP contribution is 2.19. The minimum Gasteiger partial charge on any atom is -0.480 e. The number of thioether (sulfide) groups is 1. The summed E-state index contributed by atoms with van der Waals surface area (Å²) in [5.41, 5.74) is 12.5. The van der Waals surface area contributed by atoms with Crippen molar-refractivity contribution in [2.75, 3.05) is 17.8 Å². The number of nitrogens with two attached hydrogens (primary N) is 2. The summed E-state index contributed by atoms with van der Waals surface area (Å²) < 4.78 is 0. The van der Waals surface area contributed by atoms with Crippen LogP contribution in [0.3, 0.4) is 0 Å². The number of hydrogen-bond donors (Lipinski definition) is 8. The van der Waals surface area contributed by atoms with Crippen molar-refractivity contribution in [3.63, 3.8) is 0 Å². The number of hydrogen-bond acceptors (Lipinski definition) is 8. The van der Waals surface area contributed by atoms with Crippen LogP contribution >= 0.6 is 24.4 Å². The molecule has 14 heteroatoms. The Hall–Kier alpha value is -3.23. The molecule has 0 radical (unpaired) electrons. The highest BCUT2D eigenvalue weighted by molar-refractivity contribution is 7.98. The van der Waals surface area contributed by atoms with Crippen LogP contribution in [0.5, 0.6) is 0 Å². The van der Waals surface area contributed by atoms with Gasteiger partial charge in [-0.25, -0.2) is 4.79 Å². The summed E-state index contributed by atoms with van der Waals surface area (Å²) in [4.78, 5) is 64.7. The number of aromatic amines is 1. The molecule has 208 valence electrons. The predicted octanol–water partition coefficient (Wildman–Crippen LogP) is -0.475. The number of benzene rings is 1. The number of H-pyrrole nitrogens is 1. The highest BCUT2D eigenvalue weighted by Gasteiger charge is 2.30. The van der Waals surface area contributed by atoms with E-state index < -0.39 is 53.8 Å². The van der Waals surface area contributed by atoms with Gasteiger partial charge in [0.1, 0.15) is 18.1 Å². The molecule has 9 N–H and O–H groups in total. The lowest BCUT2D eigenvalue weighted by molar-refractivity contribution is -0.142. The molecule has 0 aliphatic rings. The van der Waals surface area contributed by atoms with E-state index in [2.05, 4.69) is 33.6 Å². The van der Waals surface area contributed by atoms with Crippen molar-refractivity contribution in [3.8, 4) is 0 Å². The molecule has 0 aliphatic heterocycles. The number of para-hydroxylation sites is 1. The van der Waals surface area contributed by atoms with Gasteiger partial charge in [0.05, 0.1) is 6.04 Å². The molecule has 4 unspecified atom stereocenters. The molecule has 1 aromatic carbocycles. The lowest BCUT2D eigenvalue weighted by Gasteiger charge is -2.24. The summed E-state index contributed by atoms with van der Waals surface area (Å²) in [6.07, 6.45) is 3.55. The third kappa shape index (κ3) is 9.26. The quantitative estimate of drug-likeness (QED) is 0.124. The van der Waals surface area contributed by atoms with Crippen LogP contribution in [0, 0.1) is 0 Å². The number of fused-ring (bicyclic) bond motifs is 1. The van der Waals surface area contributed by atoms with Gasteiger partial charge in [-0.1, -0.05) is 18.2 Å². The van der Waals surface area contributed by atoms with Crippen LogP contribution in [-0.4, -0.2) is 81.6 Å². The van der Waals surface area contributed by atoms with E-state index in [0.717, 1.165) is 10.9 Å². The Kier molecular flexibility index (Phi) is 12.4. The van der Waals surface area contributed by atoms with Gasteiger partial charge in [0.15, 0.2) is 0 Å². The monoisotopic (exact) mass is 566 g/mol. The molecule has 4 amide bonds. The van der Waals surface area contributed by atoms with Gasteiger partial charge < -0.3 is 37.5 Å². The average Bonchev–Trinajstić information content (AvgIpc) is 3.29. The van der Waals surface area contributed by atoms with Crippen LogP contribution in [0.25, 0.3) is 10.9 Å². The Morgan fingerprint density at radius 2 is 1.63 bits per heavy atom. The number of amides is 4. The number of aliphatic carboxylic acids is 1. The second-order valence-corrected chi connectivity index (χ2v) is 10.0. The Morgan fingerprint density at radius 3 is 2.26 bits per heavy atom. The summed E-state index contributed by atoms with van der Waals surface area (Å²) in [6, 6.07) is 2.85. The molecule has 2 aromatic rings. The molecule has 0 saturated heterocycles. The Morgan fingerprint density at radius 1 is 1.00 bits per heavy atom. The van der Waals surface area contributed by atoms with E-state index in [0.29, 0.717) is 17.7 Å². The molecular formula is C24H34N6O6S2. The molecule has 0 bridgehead atoms. The maximum atomic E-state index is 13.2. The molecular weight excluding hydrogens is 532 g/mol. The Bertz CT molecular complexity index is 1140. The molecule has 0 aliphatic carbocycles. The van der Waals surface area contributed by atoms with Gasteiger partial charge in [-0.2, -0.15) is 24.4 Å². The smallest absolute Gasteiger partial charge is 0.326 e. The van der Waals surface area contributed by atoms with Crippen LogP contribution in [0.4, 0.5) is 0 Å². The minimum absolute atomic E-state index is 0.0181. The van der Waals surface area contributed by atoms with E-state index in [4.69, 9.17) is 11.5 Å². The van der Waals surface area contributed by atoms with E-state index in [1.807, 2.05) is 30.5 Å². The van der Waals surface area contributed by atoms with Crippen LogP contribution in [0.1, 0.15) is 24.8 Å². The maximum absolute atomic E-state index is 13.2. The zero-order valence-electron chi connectivity index (χ0n) is 20.9. The SMILES string of the molecule is CSCCC(N)C(=O)NC(CS)C(=O)NC(Cc1c[nH]c2ccccc12)C(=O)NC(CCC(N)=O)C(=O)O. The molecule has 0 fully saturated rings. The fourth-order valence-corrected chi connectivity index (χ4v) is 4.41. The van der Waals surface area contributed by atoms with Gasteiger partial charge in [0, 0.05) is 35.7 Å². The van der Waals surface area contributed by atoms with E-state index in [1.165, 1.54) is 11.8 Å².